The van der Waals surface area contributed by atoms with Crippen molar-refractivity contribution in [3.8, 4) is 0 Å². The molecule has 0 unspecified atom stereocenters. The highest BCUT2D eigenvalue weighted by Crippen LogP contribution is 2.28. The first-order chi connectivity index (χ1) is 11.5. The predicted molar refractivity (Wildman–Crippen MR) is 111 cm³/mol. The summed E-state index contributed by atoms with van der Waals surface area (Å²) in [5.41, 5.74) is 7.59. The minimum Gasteiger partial charge on any atom is -0.370 e. The Bertz CT molecular complexity index is 578. The topological polar surface area (TPSA) is 87.5 Å². The molecular formula is C18H30Cl2N4O2. The number of piperidine rings is 1. The van der Waals surface area contributed by atoms with Crippen molar-refractivity contribution in [2.24, 2.45) is 11.7 Å². The summed E-state index contributed by atoms with van der Waals surface area (Å²) in [7, 11) is 0. The van der Waals surface area contributed by atoms with E-state index in [0.29, 0.717) is 0 Å². The molecule has 1 aromatic rings. The van der Waals surface area contributed by atoms with Crippen LogP contribution in [0.3, 0.4) is 0 Å². The van der Waals surface area contributed by atoms with E-state index in [1.54, 1.807) is 0 Å². The quantitative estimate of drug-likeness (QED) is 0.679. The maximum Gasteiger partial charge on any atom is 0.243 e. The highest BCUT2D eigenvalue weighted by molar-refractivity contribution is 5.97. The molecule has 0 bridgehead atoms. The number of carbonyl (C=O) groups excluding carboxylic acids is 2. The van der Waals surface area contributed by atoms with Crippen LogP contribution in [0.15, 0.2) is 24.3 Å². The minimum atomic E-state index is -0.599. The number of nitrogens with zero attached hydrogens (tertiary/aromatic N) is 1. The molecule has 2 amide bonds. The van der Waals surface area contributed by atoms with Gasteiger partial charge in [-0.05, 0) is 37.3 Å². The number of benzene rings is 1. The van der Waals surface area contributed by atoms with Gasteiger partial charge in [0.15, 0.2) is 0 Å². The Labute approximate surface area is 168 Å². The number of hydrogen-bond donors (Lipinski definition) is 3. The van der Waals surface area contributed by atoms with Crippen LogP contribution in [-0.2, 0) is 9.59 Å². The van der Waals surface area contributed by atoms with E-state index in [2.05, 4.69) is 15.5 Å². The highest BCUT2D eigenvalue weighted by Gasteiger charge is 2.19. The monoisotopic (exact) mass is 404 g/mol. The molecule has 26 heavy (non-hydrogen) atoms. The fraction of sp³-hybridized carbons (Fsp3) is 0.556. The van der Waals surface area contributed by atoms with E-state index in [9.17, 15) is 9.59 Å². The molecule has 1 fully saturated rings. The van der Waals surface area contributed by atoms with Gasteiger partial charge in [-0.25, -0.2) is 0 Å². The van der Waals surface area contributed by atoms with Crippen LogP contribution in [0.25, 0.3) is 0 Å². The van der Waals surface area contributed by atoms with Gasteiger partial charge in [0.05, 0.1) is 24.0 Å². The van der Waals surface area contributed by atoms with Gasteiger partial charge in [0.2, 0.25) is 11.8 Å². The van der Waals surface area contributed by atoms with Crippen molar-refractivity contribution in [2.75, 3.05) is 29.9 Å². The molecule has 1 saturated heterocycles. The summed E-state index contributed by atoms with van der Waals surface area (Å²) in [5.74, 6) is -0.513. The molecular weight excluding hydrogens is 375 g/mol. The summed E-state index contributed by atoms with van der Waals surface area (Å²) in [4.78, 5) is 26.3. The molecule has 1 aliphatic heterocycles. The van der Waals surface area contributed by atoms with Gasteiger partial charge in [-0.2, -0.15) is 0 Å². The molecule has 1 atom stereocenters. The number of carbonyl (C=O) groups is 2. The second-order valence-corrected chi connectivity index (χ2v) is 6.60. The van der Waals surface area contributed by atoms with Gasteiger partial charge in [0.25, 0.3) is 0 Å². The lowest BCUT2D eigenvalue weighted by atomic mass is 10.1. The number of nitrogens with one attached hydrogen (secondary N) is 2. The zero-order valence-electron chi connectivity index (χ0n) is 15.4. The molecule has 0 aliphatic carbocycles. The van der Waals surface area contributed by atoms with Gasteiger partial charge in [0.1, 0.15) is 0 Å². The van der Waals surface area contributed by atoms with Crippen molar-refractivity contribution in [3.05, 3.63) is 24.3 Å². The lowest BCUT2D eigenvalue weighted by Gasteiger charge is -2.30. The Hall–Kier alpha value is -1.50. The zero-order valence-corrected chi connectivity index (χ0v) is 17.0. The third-order valence-corrected chi connectivity index (χ3v) is 4.32. The summed E-state index contributed by atoms with van der Waals surface area (Å²) in [6.45, 7) is 5.69. The van der Waals surface area contributed by atoms with Crippen LogP contribution >= 0.6 is 24.8 Å². The van der Waals surface area contributed by atoms with Gasteiger partial charge in [-0.3, -0.25) is 9.59 Å². The molecule has 4 N–H and O–H groups in total. The maximum atomic E-state index is 12.2. The molecule has 1 aromatic carbocycles. The Morgan fingerprint density at radius 1 is 1.12 bits per heavy atom. The standard InChI is InChI=1S/C18H28N4O2.2ClH/c1-13(2)17(19)18(24)20-12-16(23)21-14-8-4-5-9-15(14)22-10-6-3-7-11-22;;/h4-5,8-9,13,17H,3,6-7,10-12,19H2,1-2H3,(H,20,24)(H,21,23);2*1H/t17-;;/m0../s1. The van der Waals surface area contributed by atoms with Crippen molar-refractivity contribution in [1.29, 1.82) is 0 Å². The van der Waals surface area contributed by atoms with Crippen LogP contribution in [0.5, 0.6) is 0 Å². The lowest BCUT2D eigenvalue weighted by Crippen LogP contribution is -2.46. The number of hydrogen-bond acceptors (Lipinski definition) is 4. The molecule has 148 valence electrons. The van der Waals surface area contributed by atoms with Crippen LogP contribution in [0, 0.1) is 5.92 Å². The zero-order chi connectivity index (χ0) is 17.5. The summed E-state index contributed by atoms with van der Waals surface area (Å²) < 4.78 is 0. The van der Waals surface area contributed by atoms with E-state index in [1.165, 1.54) is 19.3 Å². The first-order valence-electron chi connectivity index (χ1n) is 8.66. The third kappa shape index (κ3) is 7.02. The normalized spacial score (nSPS) is 14.7. The van der Waals surface area contributed by atoms with Crippen LogP contribution in [0.4, 0.5) is 11.4 Å². The Kier molecular flexibility index (Phi) is 11.3. The van der Waals surface area contributed by atoms with Crippen LogP contribution < -0.4 is 21.3 Å². The Morgan fingerprint density at radius 2 is 1.73 bits per heavy atom. The fourth-order valence-corrected chi connectivity index (χ4v) is 2.77. The number of amides is 2. The lowest BCUT2D eigenvalue weighted by molar-refractivity contribution is -0.125. The molecule has 6 nitrogen and oxygen atoms in total. The predicted octanol–water partition coefficient (Wildman–Crippen LogP) is 2.56. The second kappa shape index (κ2) is 12.0. The van der Waals surface area contributed by atoms with Crippen LogP contribution in [-0.4, -0.2) is 37.5 Å². The number of nitrogens with two attached hydrogens (primary N) is 1. The van der Waals surface area contributed by atoms with Gasteiger partial charge in [-0.15, -0.1) is 24.8 Å². The summed E-state index contributed by atoms with van der Waals surface area (Å²) >= 11 is 0. The SMILES string of the molecule is CC(C)[C@H](N)C(=O)NCC(=O)Nc1ccccc1N1CCCCC1.Cl.Cl. The second-order valence-electron chi connectivity index (χ2n) is 6.60. The van der Waals surface area contributed by atoms with E-state index < -0.39 is 6.04 Å². The molecule has 1 heterocycles. The molecule has 0 radical (unpaired) electrons. The number of rotatable bonds is 6. The van der Waals surface area contributed by atoms with Gasteiger partial charge >= 0.3 is 0 Å². The third-order valence-electron chi connectivity index (χ3n) is 4.32. The van der Waals surface area contributed by atoms with Gasteiger partial charge in [-0.1, -0.05) is 26.0 Å². The van der Waals surface area contributed by atoms with Crippen LogP contribution in [0.2, 0.25) is 0 Å². The Morgan fingerprint density at radius 3 is 2.35 bits per heavy atom. The molecule has 1 aliphatic rings. The molecule has 0 aromatic heterocycles. The smallest absolute Gasteiger partial charge is 0.243 e. The number of anilines is 2. The highest BCUT2D eigenvalue weighted by atomic mass is 35.5. The first kappa shape index (κ1) is 24.5. The first-order valence-corrected chi connectivity index (χ1v) is 8.66. The average Bonchev–Trinajstić information content (AvgIpc) is 2.60. The summed E-state index contributed by atoms with van der Waals surface area (Å²) in [6, 6.07) is 7.19. The number of halogens is 2. The summed E-state index contributed by atoms with van der Waals surface area (Å²) in [5, 5.41) is 5.49. The van der Waals surface area contributed by atoms with E-state index >= 15 is 0 Å². The van der Waals surface area contributed by atoms with Crippen molar-refractivity contribution in [3.63, 3.8) is 0 Å². The summed E-state index contributed by atoms with van der Waals surface area (Å²) in [6.07, 6.45) is 3.60. The maximum absolute atomic E-state index is 12.2. The van der Waals surface area contributed by atoms with Crippen molar-refractivity contribution >= 4 is 48.0 Å². The van der Waals surface area contributed by atoms with Crippen LogP contribution in [0.1, 0.15) is 33.1 Å². The minimum absolute atomic E-state index is 0. The van der Waals surface area contributed by atoms with E-state index in [1.807, 2.05) is 38.1 Å². The van der Waals surface area contributed by atoms with E-state index in [0.717, 1.165) is 24.5 Å². The molecule has 8 heteroatoms. The van der Waals surface area contributed by atoms with Gasteiger partial charge < -0.3 is 21.3 Å². The van der Waals surface area contributed by atoms with Crippen molar-refractivity contribution < 1.29 is 9.59 Å². The largest absolute Gasteiger partial charge is 0.370 e. The van der Waals surface area contributed by atoms with Gasteiger partial charge in [0, 0.05) is 13.1 Å². The fourth-order valence-electron chi connectivity index (χ4n) is 2.77. The average molecular weight is 405 g/mol. The Balaban J connectivity index is 0.00000312. The van der Waals surface area contributed by atoms with E-state index in [-0.39, 0.29) is 49.1 Å². The molecule has 0 saturated carbocycles. The molecule has 0 spiro atoms. The number of para-hydroxylation sites is 2. The van der Waals surface area contributed by atoms with Crippen molar-refractivity contribution in [1.82, 2.24) is 5.32 Å². The molecule has 2 rings (SSSR count). The van der Waals surface area contributed by atoms with E-state index in [4.69, 9.17) is 5.73 Å². The van der Waals surface area contributed by atoms with Crippen molar-refractivity contribution in [2.45, 2.75) is 39.2 Å².